The average molecular weight is 463 g/mol. The summed E-state index contributed by atoms with van der Waals surface area (Å²) in [5, 5.41) is 19.3. The van der Waals surface area contributed by atoms with Crippen molar-refractivity contribution in [3.8, 4) is 0 Å². The molecule has 1 saturated heterocycles. The summed E-state index contributed by atoms with van der Waals surface area (Å²) in [7, 11) is 0. The second-order valence-corrected chi connectivity index (χ2v) is 12.5. The normalized spacial score (nSPS) is 45.0. The highest BCUT2D eigenvalue weighted by Gasteiger charge is 2.60. The minimum absolute atomic E-state index is 0.0463. The Bertz CT molecular complexity index is 713. The van der Waals surface area contributed by atoms with Crippen LogP contribution in [0.3, 0.4) is 0 Å². The maximum atomic E-state index is 11.0. The lowest BCUT2D eigenvalue weighted by molar-refractivity contribution is -0.139. The molecule has 5 aliphatic rings. The van der Waals surface area contributed by atoms with Crippen molar-refractivity contribution in [1.82, 2.24) is 0 Å². The zero-order valence-corrected chi connectivity index (χ0v) is 21.1. The number of cyclic esters (lactones) is 1. The number of hydrogen-bond donors (Lipinski definition) is 2. The fourth-order valence-electron chi connectivity index (χ4n) is 9.24. The van der Waals surface area contributed by atoms with E-state index in [2.05, 4.69) is 25.5 Å². The van der Waals surface area contributed by atoms with Crippen LogP contribution in [-0.4, -0.2) is 34.9 Å². The molecule has 5 rings (SSSR count). The molecule has 5 heteroatoms. The summed E-state index contributed by atoms with van der Waals surface area (Å²) in [4.78, 5) is 21.1. The Hall–Kier alpha value is -1.10. The topological polar surface area (TPSA) is 83.8 Å². The van der Waals surface area contributed by atoms with E-state index in [0.29, 0.717) is 42.1 Å². The van der Waals surface area contributed by atoms with E-state index in [1.807, 2.05) is 0 Å². The van der Waals surface area contributed by atoms with Crippen molar-refractivity contribution in [2.24, 2.45) is 46.3 Å². The van der Waals surface area contributed by atoms with E-state index in [1.54, 1.807) is 0 Å². The van der Waals surface area contributed by atoms with Crippen LogP contribution in [-0.2, 0) is 14.3 Å². The minimum atomic E-state index is -0.643. The number of ether oxygens (including phenoxy) is 1. The molecule has 0 aromatic carbocycles. The first-order valence-electron chi connectivity index (χ1n) is 13.7. The molecular weight excluding hydrogens is 416 g/mol. The van der Waals surface area contributed by atoms with E-state index >= 15 is 0 Å². The number of carboxylic acids is 1. The minimum Gasteiger partial charge on any atom is -0.481 e. The van der Waals surface area contributed by atoms with Gasteiger partial charge in [0.15, 0.2) is 0 Å². The molecule has 0 spiro atoms. The molecule has 0 bridgehead atoms. The molecule has 5 nitrogen and oxygen atoms in total. The highest BCUT2D eigenvalue weighted by Crippen LogP contribution is 2.68. The summed E-state index contributed by atoms with van der Waals surface area (Å²) in [5.41, 5.74) is 0.882. The van der Waals surface area contributed by atoms with Crippen LogP contribution < -0.4 is 0 Å². The highest BCUT2D eigenvalue weighted by atomic mass is 16.5. The van der Waals surface area contributed by atoms with Gasteiger partial charge in [0.05, 0.1) is 12.7 Å². The van der Waals surface area contributed by atoms with Crippen molar-refractivity contribution < 1.29 is 24.5 Å². The van der Waals surface area contributed by atoms with Gasteiger partial charge in [0.25, 0.3) is 0 Å². The number of aliphatic hydroxyl groups is 1. The van der Waals surface area contributed by atoms with E-state index in [0.717, 1.165) is 49.4 Å². The Morgan fingerprint density at radius 1 is 1.06 bits per heavy atom. The molecule has 4 saturated carbocycles. The summed E-state index contributed by atoms with van der Waals surface area (Å²) in [6.07, 6.45) is 14.0. The molecule has 188 valence electrons. The number of esters is 1. The van der Waals surface area contributed by atoms with Crippen LogP contribution in [0.25, 0.3) is 0 Å². The predicted octanol–water partition coefficient (Wildman–Crippen LogP) is 5.83. The van der Waals surface area contributed by atoms with Gasteiger partial charge in [-0.3, -0.25) is 9.59 Å². The van der Waals surface area contributed by atoms with Crippen LogP contribution in [0.5, 0.6) is 0 Å². The molecule has 0 radical (unpaired) electrons. The smallest absolute Gasteiger partial charge is 0.305 e. The maximum absolute atomic E-state index is 11.0. The molecule has 0 aromatic rings. The number of carbonyl (C=O) groups is 2. The fourth-order valence-corrected chi connectivity index (χ4v) is 9.24. The first-order valence-corrected chi connectivity index (χ1v) is 13.7. The van der Waals surface area contributed by atoms with E-state index < -0.39 is 5.97 Å². The second kappa shape index (κ2) is 9.87. The third kappa shape index (κ3) is 4.86. The molecule has 0 amide bonds. The van der Waals surface area contributed by atoms with Gasteiger partial charge in [-0.25, -0.2) is 0 Å². The van der Waals surface area contributed by atoms with Crippen LogP contribution in [0.4, 0.5) is 0 Å². The molecule has 5 fully saturated rings. The maximum Gasteiger partial charge on any atom is 0.305 e. The van der Waals surface area contributed by atoms with Crippen LogP contribution in [0, 0.1) is 46.3 Å². The molecule has 33 heavy (non-hydrogen) atoms. The van der Waals surface area contributed by atoms with Gasteiger partial charge in [0.2, 0.25) is 0 Å². The quantitative estimate of drug-likeness (QED) is 0.514. The Kier molecular flexibility index (Phi) is 7.48. The monoisotopic (exact) mass is 462 g/mol. The molecule has 1 heterocycles. The first kappa shape index (κ1) is 25.0. The van der Waals surface area contributed by atoms with Gasteiger partial charge >= 0.3 is 11.9 Å². The fraction of sp³-hybridized carbons (Fsp3) is 0.929. The van der Waals surface area contributed by atoms with Gasteiger partial charge in [-0.2, -0.15) is 0 Å². The predicted molar refractivity (Wildman–Crippen MR) is 127 cm³/mol. The number of carbonyl (C=O) groups excluding carboxylic acids is 1. The van der Waals surface area contributed by atoms with Crippen molar-refractivity contribution in [3.05, 3.63) is 0 Å². The molecular formula is C28H46O5. The number of carboxylic acid groups (broad SMARTS) is 1. The average Bonchev–Trinajstić information content (AvgIpc) is 3.39. The summed E-state index contributed by atoms with van der Waals surface area (Å²) in [5.74, 6) is 3.86. The Balaban J connectivity index is 0.000000376. The van der Waals surface area contributed by atoms with E-state index in [-0.39, 0.29) is 12.1 Å². The zero-order chi connectivity index (χ0) is 23.8. The van der Waals surface area contributed by atoms with Crippen LogP contribution in [0.1, 0.15) is 104 Å². The van der Waals surface area contributed by atoms with Gasteiger partial charge in [-0.05, 0) is 117 Å². The number of aliphatic carboxylic acids is 1. The first-order chi connectivity index (χ1) is 15.6. The van der Waals surface area contributed by atoms with Crippen molar-refractivity contribution in [2.45, 2.75) is 110 Å². The number of aliphatic hydroxyl groups excluding tert-OH is 1. The standard InChI is InChI=1S/C24H40O3.C4H6O2/c1-15(4-9-22(26)27)19-7-8-20-18-6-5-16-14-17(25)10-12-23(16,2)21(18)11-13-24(19,20)3;5-4-2-1-3-6-4/h15-21,25H,4-14H2,1-3H3,(H,26,27);1-3H2/t15-,16?,17-,18?,19-,20?,21?,23+,24-;/m1./s1. The van der Waals surface area contributed by atoms with Crippen LogP contribution in [0.2, 0.25) is 0 Å². The summed E-state index contributed by atoms with van der Waals surface area (Å²) in [6.45, 7) is 8.07. The van der Waals surface area contributed by atoms with Crippen LogP contribution in [0.15, 0.2) is 0 Å². The number of hydrogen-bond acceptors (Lipinski definition) is 4. The lowest BCUT2D eigenvalue weighted by Gasteiger charge is -2.61. The second-order valence-electron chi connectivity index (χ2n) is 12.5. The van der Waals surface area contributed by atoms with Gasteiger partial charge in [0.1, 0.15) is 0 Å². The number of rotatable bonds is 4. The van der Waals surface area contributed by atoms with Crippen molar-refractivity contribution in [1.29, 1.82) is 0 Å². The summed E-state index contributed by atoms with van der Waals surface area (Å²) >= 11 is 0. The van der Waals surface area contributed by atoms with E-state index in [9.17, 15) is 14.7 Å². The van der Waals surface area contributed by atoms with Crippen LogP contribution >= 0.6 is 0 Å². The molecule has 4 aliphatic carbocycles. The lowest BCUT2D eigenvalue weighted by Crippen LogP contribution is -2.54. The van der Waals surface area contributed by atoms with E-state index in [1.165, 1.54) is 44.9 Å². The largest absolute Gasteiger partial charge is 0.481 e. The van der Waals surface area contributed by atoms with Crippen molar-refractivity contribution in [3.63, 3.8) is 0 Å². The van der Waals surface area contributed by atoms with Gasteiger partial charge in [0, 0.05) is 12.8 Å². The zero-order valence-electron chi connectivity index (χ0n) is 21.1. The molecule has 2 N–H and O–H groups in total. The third-order valence-electron chi connectivity index (χ3n) is 11.0. The lowest BCUT2D eigenvalue weighted by atomic mass is 9.44. The third-order valence-corrected chi connectivity index (χ3v) is 11.0. The Morgan fingerprint density at radius 3 is 2.42 bits per heavy atom. The SMILES string of the molecule is C[C@H](CCC(=O)O)[C@H]1CCC2C3CCC4C[C@H](O)CC[C@]4(C)C3CC[C@@]21C.O=C1CCCO1. The molecule has 9 atom stereocenters. The molecule has 0 aromatic heterocycles. The van der Waals surface area contributed by atoms with Gasteiger partial charge in [-0.15, -0.1) is 0 Å². The molecule has 1 aliphatic heterocycles. The number of fused-ring (bicyclic) bond motifs is 5. The van der Waals surface area contributed by atoms with Crippen molar-refractivity contribution >= 4 is 11.9 Å². The highest BCUT2D eigenvalue weighted by molar-refractivity contribution is 5.70. The molecule has 4 unspecified atom stereocenters. The summed E-state index contributed by atoms with van der Waals surface area (Å²) < 4.78 is 4.51. The van der Waals surface area contributed by atoms with Crippen molar-refractivity contribution in [2.75, 3.05) is 6.61 Å². The van der Waals surface area contributed by atoms with E-state index in [4.69, 9.17) is 5.11 Å². The summed E-state index contributed by atoms with van der Waals surface area (Å²) in [6, 6.07) is 0. The Morgan fingerprint density at radius 2 is 1.79 bits per heavy atom. The van der Waals surface area contributed by atoms with Gasteiger partial charge < -0.3 is 14.9 Å². The van der Waals surface area contributed by atoms with Gasteiger partial charge in [-0.1, -0.05) is 20.8 Å². The Labute approximate surface area is 200 Å².